The predicted octanol–water partition coefficient (Wildman–Crippen LogP) is 4.31. The van der Waals surface area contributed by atoms with Crippen LogP contribution in [0.4, 0.5) is 5.69 Å². The molecule has 0 radical (unpaired) electrons. The number of methoxy groups -OCH3 is 1. The van der Waals surface area contributed by atoms with Crippen molar-refractivity contribution in [2.45, 2.75) is 0 Å². The number of nitrogens with zero attached hydrogens (tertiary/aromatic N) is 3. The first-order valence-corrected chi connectivity index (χ1v) is 9.95. The number of hydrazone groups is 1. The number of rotatable bonds is 5. The van der Waals surface area contributed by atoms with Gasteiger partial charge in [-0.25, -0.2) is 0 Å². The van der Waals surface area contributed by atoms with Crippen molar-refractivity contribution in [2.75, 3.05) is 7.11 Å². The summed E-state index contributed by atoms with van der Waals surface area (Å²) in [6.07, 6.45) is 2.82. The molecule has 0 saturated carbocycles. The number of phenols is 1. The molecule has 8 nitrogen and oxygen atoms in total. The smallest absolute Gasteiger partial charge is 0.286 e. The van der Waals surface area contributed by atoms with Crippen LogP contribution in [-0.2, 0) is 4.79 Å². The van der Waals surface area contributed by atoms with E-state index < -0.39 is 10.8 Å². The van der Waals surface area contributed by atoms with Gasteiger partial charge in [0.15, 0.2) is 4.32 Å². The zero-order chi connectivity index (χ0) is 21.1. The summed E-state index contributed by atoms with van der Waals surface area (Å²) >= 11 is 9.67. The van der Waals surface area contributed by atoms with Gasteiger partial charge in [0.2, 0.25) is 0 Å². The number of carbonyl (C=O) groups excluding carboxylic acids is 1. The number of halogens is 1. The maximum absolute atomic E-state index is 12.6. The average molecular weight is 494 g/mol. The van der Waals surface area contributed by atoms with Gasteiger partial charge < -0.3 is 9.84 Å². The Hall–Kier alpha value is -2.76. The van der Waals surface area contributed by atoms with E-state index in [9.17, 15) is 20.0 Å². The summed E-state index contributed by atoms with van der Waals surface area (Å²) in [6.45, 7) is 0. The second kappa shape index (κ2) is 8.72. The molecule has 29 heavy (non-hydrogen) atoms. The number of non-ortho nitro benzene ring substituents is 1. The van der Waals surface area contributed by atoms with Crippen LogP contribution >= 0.6 is 39.9 Å². The van der Waals surface area contributed by atoms with E-state index in [0.717, 1.165) is 39.1 Å². The van der Waals surface area contributed by atoms with Gasteiger partial charge in [-0.05, 0) is 58.0 Å². The lowest BCUT2D eigenvalue weighted by atomic mass is 10.2. The molecule has 0 unspecified atom stereocenters. The summed E-state index contributed by atoms with van der Waals surface area (Å²) in [5.41, 5.74) is 0.648. The van der Waals surface area contributed by atoms with E-state index in [1.165, 1.54) is 12.1 Å². The van der Waals surface area contributed by atoms with Gasteiger partial charge in [0.1, 0.15) is 11.5 Å². The topological polar surface area (TPSA) is 105 Å². The molecule has 1 amide bonds. The molecule has 1 heterocycles. The van der Waals surface area contributed by atoms with Crippen molar-refractivity contribution in [3.8, 4) is 11.5 Å². The molecule has 1 saturated heterocycles. The number of hydrogen-bond donors (Lipinski definition) is 1. The molecule has 3 rings (SSSR count). The number of nitro benzene ring substituents is 1. The summed E-state index contributed by atoms with van der Waals surface area (Å²) in [7, 11) is 1.56. The van der Waals surface area contributed by atoms with E-state index in [1.54, 1.807) is 31.4 Å². The van der Waals surface area contributed by atoms with Gasteiger partial charge in [0.05, 0.1) is 27.6 Å². The van der Waals surface area contributed by atoms with Gasteiger partial charge in [-0.1, -0.05) is 17.8 Å². The van der Waals surface area contributed by atoms with E-state index in [0.29, 0.717) is 10.7 Å². The van der Waals surface area contributed by atoms with E-state index >= 15 is 0 Å². The molecule has 2 aromatic carbocycles. The van der Waals surface area contributed by atoms with E-state index in [2.05, 4.69) is 21.0 Å². The van der Waals surface area contributed by atoms with Crippen LogP contribution in [0.2, 0.25) is 0 Å². The molecular weight excluding hydrogens is 482 g/mol. The molecule has 1 aliphatic rings. The van der Waals surface area contributed by atoms with Gasteiger partial charge in [-0.3, -0.25) is 14.9 Å². The SMILES string of the molecule is COc1ccc(C=C2SC(=S)N(/N=C/c3cc([N+](=O)[O-])ccc3O)C2=O)cc1Br. The van der Waals surface area contributed by atoms with Gasteiger partial charge in [-0.2, -0.15) is 10.1 Å². The Balaban J connectivity index is 1.84. The van der Waals surface area contributed by atoms with Crippen molar-refractivity contribution in [1.29, 1.82) is 0 Å². The second-order valence-electron chi connectivity index (χ2n) is 5.63. The Morgan fingerprint density at radius 2 is 2.10 bits per heavy atom. The lowest BCUT2D eigenvalue weighted by Crippen LogP contribution is -2.22. The number of nitro groups is 1. The Bertz CT molecular complexity index is 1090. The third-order valence-electron chi connectivity index (χ3n) is 3.78. The van der Waals surface area contributed by atoms with Gasteiger partial charge >= 0.3 is 0 Å². The van der Waals surface area contributed by atoms with Crippen molar-refractivity contribution in [2.24, 2.45) is 5.10 Å². The average Bonchev–Trinajstić information content (AvgIpc) is 2.94. The molecule has 2 aromatic rings. The zero-order valence-corrected chi connectivity index (χ0v) is 18.0. The Kier molecular flexibility index (Phi) is 6.30. The fourth-order valence-electron chi connectivity index (χ4n) is 2.36. The number of ether oxygens (including phenoxy) is 1. The quantitative estimate of drug-likeness (QED) is 0.217. The Morgan fingerprint density at radius 1 is 1.34 bits per heavy atom. The largest absolute Gasteiger partial charge is 0.507 e. The van der Waals surface area contributed by atoms with Gasteiger partial charge in [0.25, 0.3) is 11.6 Å². The molecule has 11 heteroatoms. The molecule has 0 aromatic heterocycles. The van der Waals surface area contributed by atoms with Crippen LogP contribution in [0, 0.1) is 10.1 Å². The number of thiocarbonyl (C=S) groups is 1. The number of carbonyl (C=O) groups is 1. The highest BCUT2D eigenvalue weighted by molar-refractivity contribution is 9.10. The number of phenolic OH excluding ortho intramolecular Hbond substituents is 1. The molecule has 0 spiro atoms. The minimum Gasteiger partial charge on any atom is -0.507 e. The molecule has 1 fully saturated rings. The van der Waals surface area contributed by atoms with Crippen molar-refractivity contribution in [3.05, 3.63) is 67.0 Å². The fourth-order valence-corrected chi connectivity index (χ4v) is 4.09. The molecule has 0 atom stereocenters. The van der Waals surface area contributed by atoms with Crippen LogP contribution in [0.5, 0.6) is 11.5 Å². The third kappa shape index (κ3) is 4.63. The first-order chi connectivity index (χ1) is 13.8. The van der Waals surface area contributed by atoms with Crippen molar-refractivity contribution in [1.82, 2.24) is 5.01 Å². The molecule has 1 N–H and O–H groups in total. The number of hydrogen-bond acceptors (Lipinski definition) is 8. The molecule has 1 aliphatic heterocycles. The van der Waals surface area contributed by atoms with Crippen molar-refractivity contribution < 1.29 is 19.6 Å². The number of benzene rings is 2. The molecular formula is C18H12BrN3O5S2. The Labute approximate surface area is 183 Å². The highest BCUT2D eigenvalue weighted by Crippen LogP contribution is 2.34. The van der Waals surface area contributed by atoms with E-state index in [-0.39, 0.29) is 21.3 Å². The lowest BCUT2D eigenvalue weighted by Gasteiger charge is -2.07. The lowest BCUT2D eigenvalue weighted by molar-refractivity contribution is -0.384. The monoisotopic (exact) mass is 493 g/mol. The van der Waals surface area contributed by atoms with Gasteiger partial charge in [-0.15, -0.1) is 0 Å². The van der Waals surface area contributed by atoms with Crippen LogP contribution < -0.4 is 4.74 Å². The second-order valence-corrected chi connectivity index (χ2v) is 8.16. The van der Waals surface area contributed by atoms with Crippen LogP contribution in [0.15, 0.2) is 50.9 Å². The van der Waals surface area contributed by atoms with Gasteiger partial charge in [0, 0.05) is 17.7 Å². The van der Waals surface area contributed by atoms with Crippen molar-refractivity contribution in [3.63, 3.8) is 0 Å². The summed E-state index contributed by atoms with van der Waals surface area (Å²) in [6, 6.07) is 8.87. The maximum atomic E-state index is 12.6. The number of aromatic hydroxyl groups is 1. The van der Waals surface area contributed by atoms with Crippen LogP contribution in [0.3, 0.4) is 0 Å². The Morgan fingerprint density at radius 3 is 2.76 bits per heavy atom. The molecule has 0 aliphatic carbocycles. The fraction of sp³-hybridized carbons (Fsp3) is 0.0556. The van der Waals surface area contributed by atoms with E-state index in [1.807, 2.05) is 0 Å². The number of thioether (sulfide) groups is 1. The first-order valence-electron chi connectivity index (χ1n) is 7.93. The van der Waals surface area contributed by atoms with Crippen LogP contribution in [0.1, 0.15) is 11.1 Å². The minimum absolute atomic E-state index is 0.0938. The third-order valence-corrected chi connectivity index (χ3v) is 5.68. The standard InChI is InChI=1S/C18H12BrN3O5S2/c1-27-15-5-2-10(6-13(15)19)7-16-17(24)21(18(28)29-16)20-9-11-8-12(22(25)26)3-4-14(11)23/h2-9,23H,1H3/b16-7?,20-9+. The summed E-state index contributed by atoms with van der Waals surface area (Å²) in [5, 5.41) is 25.7. The van der Waals surface area contributed by atoms with Crippen molar-refractivity contribution >= 4 is 68.1 Å². The maximum Gasteiger partial charge on any atom is 0.286 e. The molecule has 0 bridgehead atoms. The normalized spacial score (nSPS) is 15.5. The van der Waals surface area contributed by atoms with E-state index in [4.69, 9.17) is 17.0 Å². The summed E-state index contributed by atoms with van der Waals surface area (Å²) in [4.78, 5) is 23.3. The summed E-state index contributed by atoms with van der Waals surface area (Å²) in [5.74, 6) is 0.0209. The molecule has 148 valence electrons. The highest BCUT2D eigenvalue weighted by atomic mass is 79.9. The zero-order valence-electron chi connectivity index (χ0n) is 14.7. The predicted molar refractivity (Wildman–Crippen MR) is 118 cm³/mol. The summed E-state index contributed by atoms with van der Waals surface area (Å²) < 4.78 is 6.12. The van der Waals surface area contributed by atoms with Crippen LogP contribution in [-0.4, -0.2) is 38.6 Å². The first kappa shape index (κ1) is 21.0. The number of amides is 1. The highest BCUT2D eigenvalue weighted by Gasteiger charge is 2.32. The minimum atomic E-state index is -0.591. The van der Waals surface area contributed by atoms with Crippen LogP contribution in [0.25, 0.3) is 6.08 Å².